The van der Waals surface area contributed by atoms with Crippen molar-refractivity contribution in [1.29, 1.82) is 0 Å². The molecule has 0 aromatic carbocycles. The summed E-state index contributed by atoms with van der Waals surface area (Å²) in [5.74, 6) is 0.412. The average molecular weight is 366 g/mol. The summed E-state index contributed by atoms with van der Waals surface area (Å²) in [6, 6.07) is 0. The minimum Gasteiger partial charge on any atom is -0.394 e. The zero-order valence-electron chi connectivity index (χ0n) is 15.9. The molecule has 0 saturated heterocycles. The first-order chi connectivity index (χ1) is 12.2. The van der Waals surface area contributed by atoms with Crippen molar-refractivity contribution in [2.24, 2.45) is 28.6 Å². The van der Waals surface area contributed by atoms with Crippen LogP contribution in [0.15, 0.2) is 11.6 Å². The van der Waals surface area contributed by atoms with Gasteiger partial charge in [0, 0.05) is 11.3 Å². The summed E-state index contributed by atoms with van der Waals surface area (Å²) in [6.07, 6.45) is 5.42. The summed E-state index contributed by atoms with van der Waals surface area (Å²) in [6.45, 7) is 3.86. The van der Waals surface area contributed by atoms with Crippen molar-refractivity contribution >= 4 is 0 Å². The van der Waals surface area contributed by atoms with E-state index in [2.05, 4.69) is 13.0 Å². The summed E-state index contributed by atoms with van der Waals surface area (Å²) in [7, 11) is 0. The first-order valence-electron chi connectivity index (χ1n) is 10.3. The van der Waals surface area contributed by atoms with Gasteiger partial charge >= 0.3 is 0 Å². The van der Waals surface area contributed by atoms with Crippen LogP contribution in [0.2, 0.25) is 0 Å². The van der Waals surface area contributed by atoms with Crippen molar-refractivity contribution in [3.63, 3.8) is 0 Å². The minimum atomic E-state index is -1.31. The Morgan fingerprint density at radius 2 is 1.88 bits per heavy atom. The summed E-state index contributed by atoms with van der Waals surface area (Å²) in [5, 5.41) is 52.2. The van der Waals surface area contributed by atoms with Gasteiger partial charge in [0.15, 0.2) is 0 Å². The Kier molecular flexibility index (Phi) is 4.37. The lowest BCUT2D eigenvalue weighted by molar-refractivity contribution is -0.171. The molecule has 148 valence electrons. The predicted molar refractivity (Wildman–Crippen MR) is 97.1 cm³/mol. The second-order valence-corrected chi connectivity index (χ2v) is 9.92. The van der Waals surface area contributed by atoms with Crippen LogP contribution >= 0.6 is 0 Å². The van der Waals surface area contributed by atoms with Gasteiger partial charge in [-0.1, -0.05) is 25.5 Å². The third-order valence-corrected chi connectivity index (χ3v) is 8.96. The van der Waals surface area contributed by atoms with E-state index in [0.717, 1.165) is 25.7 Å². The molecule has 0 spiro atoms. The van der Waals surface area contributed by atoms with E-state index >= 15 is 0 Å². The lowest BCUT2D eigenvalue weighted by Crippen LogP contribution is -2.59. The van der Waals surface area contributed by atoms with Gasteiger partial charge in [-0.3, -0.25) is 0 Å². The molecule has 5 N–H and O–H groups in total. The van der Waals surface area contributed by atoms with E-state index in [4.69, 9.17) is 0 Å². The number of rotatable bonds is 2. The predicted octanol–water partition coefficient (Wildman–Crippen LogP) is 1.37. The van der Waals surface area contributed by atoms with Crippen LogP contribution in [0.4, 0.5) is 0 Å². The van der Waals surface area contributed by atoms with Gasteiger partial charge < -0.3 is 25.5 Å². The lowest BCUT2D eigenvalue weighted by atomic mass is 9.47. The van der Waals surface area contributed by atoms with Crippen molar-refractivity contribution in [2.75, 3.05) is 6.61 Å². The van der Waals surface area contributed by atoms with Crippen LogP contribution in [0.25, 0.3) is 0 Å². The molecule has 0 aromatic rings. The zero-order chi connectivity index (χ0) is 18.9. The molecule has 4 aliphatic rings. The number of fused-ring (bicyclic) bond motifs is 5. The van der Waals surface area contributed by atoms with Gasteiger partial charge in [-0.25, -0.2) is 0 Å². The largest absolute Gasteiger partial charge is 0.394 e. The Hall–Kier alpha value is -0.460. The van der Waals surface area contributed by atoms with Crippen LogP contribution < -0.4 is 0 Å². The van der Waals surface area contributed by atoms with Gasteiger partial charge in [-0.2, -0.15) is 0 Å². The van der Waals surface area contributed by atoms with Crippen molar-refractivity contribution < 1.29 is 25.5 Å². The Balaban J connectivity index is 1.73. The molecule has 0 bridgehead atoms. The molecular weight excluding hydrogens is 332 g/mol. The topological polar surface area (TPSA) is 101 Å². The molecule has 26 heavy (non-hydrogen) atoms. The van der Waals surface area contributed by atoms with Gasteiger partial charge in [0.1, 0.15) is 6.10 Å². The second kappa shape index (κ2) is 6.02. The fourth-order valence-electron chi connectivity index (χ4n) is 7.22. The van der Waals surface area contributed by atoms with Crippen molar-refractivity contribution in [2.45, 2.75) is 82.7 Å². The van der Waals surface area contributed by atoms with E-state index in [0.29, 0.717) is 25.2 Å². The number of hydrogen-bond donors (Lipinski definition) is 5. The molecule has 0 aliphatic heterocycles. The van der Waals surface area contributed by atoms with Crippen LogP contribution in [-0.4, -0.2) is 56.1 Å². The lowest BCUT2D eigenvalue weighted by Gasteiger charge is -2.59. The summed E-state index contributed by atoms with van der Waals surface area (Å²) in [5.41, 5.74) is -0.518. The van der Waals surface area contributed by atoms with Gasteiger partial charge in [0.25, 0.3) is 0 Å². The molecule has 4 rings (SSSR count). The molecule has 5 nitrogen and oxygen atoms in total. The Bertz CT molecular complexity index is 605. The van der Waals surface area contributed by atoms with E-state index in [1.54, 1.807) is 0 Å². The smallest absolute Gasteiger partial charge is 0.106 e. The fraction of sp³-hybridized carbons (Fsp3) is 0.905. The highest BCUT2D eigenvalue weighted by Gasteiger charge is 2.65. The van der Waals surface area contributed by atoms with Gasteiger partial charge in [-0.05, 0) is 62.2 Å². The first-order valence-corrected chi connectivity index (χ1v) is 10.3. The average Bonchev–Trinajstić information content (AvgIpc) is 2.88. The molecule has 0 amide bonds. The molecule has 4 aliphatic carbocycles. The Labute approximate surface area is 155 Å². The second-order valence-electron chi connectivity index (χ2n) is 9.92. The van der Waals surface area contributed by atoms with Gasteiger partial charge in [-0.15, -0.1) is 0 Å². The normalized spacial score (nSPS) is 54.7. The summed E-state index contributed by atoms with van der Waals surface area (Å²) < 4.78 is 0. The van der Waals surface area contributed by atoms with E-state index in [1.165, 1.54) is 5.57 Å². The standard InChI is InChI=1S/C21H34O5/c1-19-6-3-13(23)9-12(19)10-16(24)18-14(19)4-7-20(2)15(18)5-8-21(20,26)17(25)11-22/h4,12-13,15-18,22-26H,3,5-11H2,1-2H3. The highest BCUT2D eigenvalue weighted by molar-refractivity contribution is 5.32. The van der Waals surface area contributed by atoms with Crippen LogP contribution in [0.1, 0.15) is 58.8 Å². The maximum Gasteiger partial charge on any atom is 0.106 e. The van der Waals surface area contributed by atoms with Crippen molar-refractivity contribution in [3.05, 3.63) is 11.6 Å². The third kappa shape index (κ3) is 2.27. The van der Waals surface area contributed by atoms with E-state index in [-0.39, 0.29) is 23.4 Å². The van der Waals surface area contributed by atoms with Crippen LogP contribution in [0, 0.1) is 28.6 Å². The number of hydrogen-bond acceptors (Lipinski definition) is 5. The third-order valence-electron chi connectivity index (χ3n) is 8.96. The van der Waals surface area contributed by atoms with E-state index in [9.17, 15) is 25.5 Å². The SMILES string of the molecule is CC12CCC(O)CC1CC(O)C1C2=CCC2(C)C1CCC2(O)C(O)CO. The minimum absolute atomic E-state index is 0.00478. The van der Waals surface area contributed by atoms with Crippen molar-refractivity contribution in [3.8, 4) is 0 Å². The molecule has 9 unspecified atom stereocenters. The highest BCUT2D eigenvalue weighted by Crippen LogP contribution is 2.66. The maximum absolute atomic E-state index is 11.3. The number of allylic oxidation sites excluding steroid dienone is 1. The van der Waals surface area contributed by atoms with Crippen LogP contribution in [0.3, 0.4) is 0 Å². The molecule has 0 radical (unpaired) electrons. The van der Waals surface area contributed by atoms with Gasteiger partial charge in [0.2, 0.25) is 0 Å². The molecule has 9 atom stereocenters. The molecular formula is C21H34O5. The molecule has 0 heterocycles. The van der Waals surface area contributed by atoms with Crippen molar-refractivity contribution in [1.82, 2.24) is 0 Å². The number of aliphatic hydroxyl groups excluding tert-OH is 4. The maximum atomic E-state index is 11.3. The molecule has 3 saturated carbocycles. The van der Waals surface area contributed by atoms with Crippen LogP contribution in [0.5, 0.6) is 0 Å². The fourth-order valence-corrected chi connectivity index (χ4v) is 7.22. The molecule has 3 fully saturated rings. The zero-order valence-corrected chi connectivity index (χ0v) is 15.9. The quantitative estimate of drug-likeness (QED) is 0.475. The highest BCUT2D eigenvalue weighted by atomic mass is 16.4. The van der Waals surface area contributed by atoms with E-state index < -0.39 is 29.8 Å². The Morgan fingerprint density at radius 3 is 2.58 bits per heavy atom. The van der Waals surface area contributed by atoms with Gasteiger partial charge in [0.05, 0.1) is 24.4 Å². The Morgan fingerprint density at radius 1 is 1.15 bits per heavy atom. The molecule has 0 aromatic heterocycles. The summed E-state index contributed by atoms with van der Waals surface area (Å²) >= 11 is 0. The summed E-state index contributed by atoms with van der Waals surface area (Å²) in [4.78, 5) is 0. The van der Waals surface area contributed by atoms with Crippen LogP contribution in [-0.2, 0) is 0 Å². The number of aliphatic hydroxyl groups is 5. The monoisotopic (exact) mass is 366 g/mol. The molecule has 5 heteroatoms. The first kappa shape index (κ1) is 18.9. The van der Waals surface area contributed by atoms with E-state index in [1.807, 2.05) is 6.92 Å².